The number of hydrogen-bond acceptors (Lipinski definition) is 4. The third-order valence-electron chi connectivity index (χ3n) is 4.80. The molecule has 0 saturated heterocycles. The number of aliphatic imine (C=N–C) groups is 1. The van der Waals surface area contributed by atoms with Gasteiger partial charge in [0, 0.05) is 23.1 Å². The van der Waals surface area contributed by atoms with Gasteiger partial charge in [0.05, 0.1) is 10.2 Å². The number of benzene rings is 3. The summed E-state index contributed by atoms with van der Waals surface area (Å²) in [6, 6.07) is 22.0. The van der Waals surface area contributed by atoms with Crippen LogP contribution in [0.4, 0.5) is 0 Å². The van der Waals surface area contributed by atoms with Crippen LogP contribution in [0.5, 0.6) is 11.5 Å². The number of rotatable bonds is 6. The third kappa shape index (κ3) is 4.39. The van der Waals surface area contributed by atoms with Crippen LogP contribution in [-0.2, 0) is 11.2 Å². The maximum Gasteiger partial charge on any atom is 0.328 e. The van der Waals surface area contributed by atoms with Crippen LogP contribution in [0.1, 0.15) is 16.7 Å². The smallest absolute Gasteiger partial charge is 0.328 e. The predicted molar refractivity (Wildman–Crippen MR) is 119 cm³/mol. The van der Waals surface area contributed by atoms with Crippen molar-refractivity contribution in [1.82, 2.24) is 0 Å². The molecule has 4 rings (SSSR count). The van der Waals surface area contributed by atoms with Crippen LogP contribution in [0.25, 0.3) is 0 Å². The highest BCUT2D eigenvalue weighted by atomic mass is 79.9. The molecule has 3 aromatic rings. The van der Waals surface area contributed by atoms with Crippen LogP contribution >= 0.6 is 15.9 Å². The predicted octanol–water partition coefficient (Wildman–Crippen LogP) is 4.75. The summed E-state index contributed by atoms with van der Waals surface area (Å²) in [4.78, 5) is 16.8. The van der Waals surface area contributed by atoms with Gasteiger partial charge in [0.15, 0.2) is 17.5 Å². The molecule has 1 aliphatic heterocycles. The minimum absolute atomic E-state index is 0.192. The molecular formula is C24H20BrNO4. The van der Waals surface area contributed by atoms with E-state index in [9.17, 15) is 9.90 Å². The van der Waals surface area contributed by atoms with E-state index in [-0.39, 0.29) is 6.42 Å². The Morgan fingerprint density at radius 1 is 0.900 bits per heavy atom. The molecule has 0 bridgehead atoms. The van der Waals surface area contributed by atoms with Crippen LogP contribution in [0.2, 0.25) is 0 Å². The van der Waals surface area contributed by atoms with E-state index >= 15 is 0 Å². The first-order chi connectivity index (χ1) is 14.6. The van der Waals surface area contributed by atoms with Crippen LogP contribution in [0, 0.1) is 0 Å². The third-order valence-corrected chi connectivity index (χ3v) is 5.42. The molecule has 0 aromatic heterocycles. The molecular weight excluding hydrogens is 446 g/mol. The molecule has 1 heterocycles. The Kier molecular flexibility index (Phi) is 6.14. The summed E-state index contributed by atoms with van der Waals surface area (Å²) in [7, 11) is 0. The lowest BCUT2D eigenvalue weighted by Gasteiger charge is -2.23. The van der Waals surface area contributed by atoms with E-state index in [2.05, 4.69) is 15.9 Å². The molecule has 0 saturated carbocycles. The Labute approximate surface area is 183 Å². The highest BCUT2D eigenvalue weighted by molar-refractivity contribution is 9.10. The minimum atomic E-state index is -0.993. The second kappa shape index (κ2) is 9.13. The van der Waals surface area contributed by atoms with Gasteiger partial charge < -0.3 is 14.6 Å². The van der Waals surface area contributed by atoms with Crippen LogP contribution in [0.15, 0.2) is 82.3 Å². The van der Waals surface area contributed by atoms with Crippen molar-refractivity contribution in [2.75, 3.05) is 13.2 Å². The van der Waals surface area contributed by atoms with Crippen molar-refractivity contribution >= 4 is 27.6 Å². The van der Waals surface area contributed by atoms with E-state index in [1.807, 2.05) is 72.8 Å². The Balaban J connectivity index is 1.75. The second-order valence-corrected chi connectivity index (χ2v) is 7.68. The normalized spacial score (nSPS) is 13.4. The van der Waals surface area contributed by atoms with Crippen molar-refractivity contribution < 1.29 is 19.4 Å². The first kappa shape index (κ1) is 20.2. The summed E-state index contributed by atoms with van der Waals surface area (Å²) in [5.41, 5.74) is 3.14. The zero-order valence-corrected chi connectivity index (χ0v) is 17.7. The highest BCUT2D eigenvalue weighted by Gasteiger charge is 2.25. The Morgan fingerprint density at radius 3 is 2.03 bits per heavy atom. The molecule has 1 aliphatic rings. The number of nitrogens with zero attached hydrogens (tertiary/aromatic N) is 1. The lowest BCUT2D eigenvalue weighted by molar-refractivity contribution is -0.138. The minimum Gasteiger partial charge on any atom is -0.486 e. The fourth-order valence-corrected chi connectivity index (χ4v) is 3.81. The van der Waals surface area contributed by atoms with E-state index in [4.69, 9.17) is 14.5 Å². The molecule has 0 fully saturated rings. The van der Waals surface area contributed by atoms with Gasteiger partial charge in [-0.15, -0.1) is 0 Å². The molecule has 6 heteroatoms. The van der Waals surface area contributed by atoms with E-state index in [0.717, 1.165) is 21.2 Å². The molecule has 0 amide bonds. The van der Waals surface area contributed by atoms with Gasteiger partial charge in [-0.25, -0.2) is 4.79 Å². The monoisotopic (exact) mass is 465 g/mol. The highest BCUT2D eigenvalue weighted by Crippen LogP contribution is 2.40. The number of ether oxygens (including phenoxy) is 2. The van der Waals surface area contributed by atoms with Crippen molar-refractivity contribution in [3.8, 4) is 11.5 Å². The Morgan fingerprint density at radius 2 is 1.47 bits per heavy atom. The molecule has 1 atom stereocenters. The summed E-state index contributed by atoms with van der Waals surface area (Å²) in [5.74, 6) is 0.198. The largest absolute Gasteiger partial charge is 0.486 e. The lowest BCUT2D eigenvalue weighted by Crippen LogP contribution is -2.25. The van der Waals surface area contributed by atoms with Gasteiger partial charge in [-0.3, -0.25) is 4.99 Å². The average Bonchev–Trinajstić information content (AvgIpc) is 2.79. The van der Waals surface area contributed by atoms with Crippen molar-refractivity contribution in [2.24, 2.45) is 4.99 Å². The molecule has 152 valence electrons. The van der Waals surface area contributed by atoms with Crippen LogP contribution in [0.3, 0.4) is 0 Å². The van der Waals surface area contributed by atoms with Crippen molar-refractivity contribution in [3.05, 3.63) is 94.0 Å². The Hall–Kier alpha value is -3.12. The molecule has 0 unspecified atom stereocenters. The zero-order chi connectivity index (χ0) is 20.9. The van der Waals surface area contributed by atoms with E-state index < -0.39 is 12.0 Å². The number of fused-ring (bicyclic) bond motifs is 1. The topological polar surface area (TPSA) is 68.1 Å². The number of halogens is 1. The molecule has 0 aliphatic carbocycles. The zero-order valence-electron chi connectivity index (χ0n) is 16.1. The maximum absolute atomic E-state index is 12.1. The van der Waals surface area contributed by atoms with E-state index in [1.165, 1.54) is 0 Å². The van der Waals surface area contributed by atoms with Gasteiger partial charge in [0.2, 0.25) is 0 Å². The van der Waals surface area contributed by atoms with Gasteiger partial charge in [-0.05, 0) is 22.0 Å². The van der Waals surface area contributed by atoms with Gasteiger partial charge >= 0.3 is 5.97 Å². The summed E-state index contributed by atoms with van der Waals surface area (Å²) in [5, 5.41) is 9.95. The summed E-state index contributed by atoms with van der Waals surface area (Å²) >= 11 is 3.46. The first-order valence-electron chi connectivity index (χ1n) is 9.62. The van der Waals surface area contributed by atoms with Crippen molar-refractivity contribution in [3.63, 3.8) is 0 Å². The molecule has 30 heavy (non-hydrogen) atoms. The fourth-order valence-electron chi connectivity index (χ4n) is 3.38. The van der Waals surface area contributed by atoms with Crippen LogP contribution in [-0.4, -0.2) is 36.0 Å². The second-order valence-electron chi connectivity index (χ2n) is 6.83. The first-order valence-corrected chi connectivity index (χ1v) is 10.4. The number of carboxylic acid groups (broad SMARTS) is 1. The van der Waals surface area contributed by atoms with E-state index in [1.54, 1.807) is 0 Å². The van der Waals surface area contributed by atoms with Gasteiger partial charge in [-0.2, -0.15) is 0 Å². The quantitative estimate of drug-likeness (QED) is 0.533. The molecule has 3 aromatic carbocycles. The molecule has 5 nitrogen and oxygen atoms in total. The molecule has 1 N–H and O–H groups in total. The SMILES string of the molecule is O=C(O)[C@H](Cc1ccc(Br)c2c1OCCO2)N=C(c1ccccc1)c1ccccc1. The van der Waals surface area contributed by atoms with Gasteiger partial charge in [0.1, 0.15) is 13.2 Å². The van der Waals surface area contributed by atoms with Crippen molar-refractivity contribution in [2.45, 2.75) is 12.5 Å². The van der Waals surface area contributed by atoms with Gasteiger partial charge in [0.25, 0.3) is 0 Å². The van der Waals surface area contributed by atoms with Gasteiger partial charge in [-0.1, -0.05) is 66.7 Å². The number of carbonyl (C=O) groups is 1. The average molecular weight is 466 g/mol. The summed E-state index contributed by atoms with van der Waals surface area (Å²) in [6.45, 7) is 0.887. The van der Waals surface area contributed by atoms with E-state index in [0.29, 0.717) is 30.4 Å². The number of carboxylic acids is 1. The Bertz CT molecular complexity index is 1030. The summed E-state index contributed by atoms with van der Waals surface area (Å²) < 4.78 is 12.3. The summed E-state index contributed by atoms with van der Waals surface area (Å²) in [6.07, 6.45) is 0.192. The molecule has 0 spiro atoms. The molecule has 0 radical (unpaired) electrons. The number of aliphatic carboxylic acids is 1. The number of hydrogen-bond donors (Lipinski definition) is 1. The lowest BCUT2D eigenvalue weighted by atomic mass is 10.00. The standard InChI is InChI=1S/C24H20BrNO4/c25-19-12-11-18(22-23(19)30-14-13-29-22)15-20(24(27)28)26-21(16-7-3-1-4-8-16)17-9-5-2-6-10-17/h1-12,20H,13-15H2,(H,27,28)/t20-/m0/s1. The van der Waals surface area contributed by atoms with Crippen molar-refractivity contribution in [1.29, 1.82) is 0 Å². The maximum atomic E-state index is 12.1. The fraction of sp³-hybridized carbons (Fsp3) is 0.167. The van der Waals surface area contributed by atoms with Crippen LogP contribution < -0.4 is 9.47 Å².